The molecule has 0 saturated heterocycles. The van der Waals surface area contributed by atoms with Crippen LogP contribution in [0.15, 0.2) is 76.0 Å². The summed E-state index contributed by atoms with van der Waals surface area (Å²) in [4.78, 5) is 30.6. The van der Waals surface area contributed by atoms with Crippen molar-refractivity contribution in [3.05, 3.63) is 82.2 Å². The highest BCUT2D eigenvalue weighted by Crippen LogP contribution is 2.54. The summed E-state index contributed by atoms with van der Waals surface area (Å²) >= 11 is 0. The number of sulfonamides is 1. The molecule has 0 atom stereocenters. The third kappa shape index (κ3) is 5.08. The summed E-state index contributed by atoms with van der Waals surface area (Å²) in [7, 11) is -2.42. The molecule has 0 fully saturated rings. The molecule has 0 amide bonds. The van der Waals surface area contributed by atoms with Crippen LogP contribution in [0.5, 0.6) is 5.75 Å². The molecule has 39 heavy (non-hydrogen) atoms. The minimum absolute atomic E-state index is 0.0641. The maximum absolute atomic E-state index is 13.9. The van der Waals surface area contributed by atoms with Crippen LogP contribution < -0.4 is 9.57 Å². The number of benzene rings is 2. The standard InChI is InChI=1S/C31H36N2O5S/c1-19-7-13-22(14-8-19)39(36,37)32-33-23-15-30(2,3)17-25(34)28(23)27(20-9-11-21(38-6)12-10-20)29-24(33)16-31(4,5)18-26(29)35/h7-14,27,32H,15-18H2,1-6H3. The van der Waals surface area contributed by atoms with Crippen molar-refractivity contribution in [3.8, 4) is 5.75 Å². The number of hydrogen-bond acceptors (Lipinski definition) is 6. The third-order valence-corrected chi connectivity index (χ3v) is 9.22. The zero-order chi connectivity index (χ0) is 28.3. The molecule has 0 saturated carbocycles. The minimum Gasteiger partial charge on any atom is -0.497 e. The van der Waals surface area contributed by atoms with E-state index in [0.29, 0.717) is 54.0 Å². The summed E-state index contributed by atoms with van der Waals surface area (Å²) in [5.74, 6) is -0.0116. The number of nitrogens with one attached hydrogen (secondary N) is 1. The Morgan fingerprint density at radius 1 is 0.795 bits per heavy atom. The van der Waals surface area contributed by atoms with Crippen LogP contribution >= 0.6 is 0 Å². The summed E-state index contributed by atoms with van der Waals surface area (Å²) in [5, 5.41) is 1.57. The van der Waals surface area contributed by atoms with E-state index in [1.807, 2.05) is 58.9 Å². The summed E-state index contributed by atoms with van der Waals surface area (Å²) in [6.07, 6.45) is 1.61. The van der Waals surface area contributed by atoms with Gasteiger partial charge in [0, 0.05) is 41.3 Å². The van der Waals surface area contributed by atoms with Crippen LogP contribution in [0.1, 0.15) is 70.4 Å². The number of ketones is 2. The molecule has 2 aromatic rings. The fourth-order valence-electron chi connectivity index (χ4n) is 6.10. The van der Waals surface area contributed by atoms with Crippen molar-refractivity contribution in [2.45, 2.75) is 71.1 Å². The van der Waals surface area contributed by atoms with Gasteiger partial charge in [-0.1, -0.05) is 57.5 Å². The van der Waals surface area contributed by atoms with Gasteiger partial charge in [-0.25, -0.2) is 8.42 Å². The van der Waals surface area contributed by atoms with Gasteiger partial charge in [0.15, 0.2) is 11.6 Å². The average Bonchev–Trinajstić information content (AvgIpc) is 2.84. The summed E-state index contributed by atoms with van der Waals surface area (Å²) in [6, 6.07) is 14.1. The smallest absolute Gasteiger partial charge is 0.257 e. The number of carbonyl (C=O) groups excluding carboxylic acids is 2. The van der Waals surface area contributed by atoms with E-state index < -0.39 is 15.9 Å². The Balaban J connectivity index is 1.74. The van der Waals surface area contributed by atoms with Gasteiger partial charge in [-0.05, 0) is 60.4 Å². The number of rotatable bonds is 5. The number of aryl methyl sites for hydroxylation is 1. The maximum atomic E-state index is 13.9. The Morgan fingerprint density at radius 3 is 1.74 bits per heavy atom. The van der Waals surface area contributed by atoms with E-state index in [4.69, 9.17) is 4.74 Å². The van der Waals surface area contributed by atoms with E-state index in [0.717, 1.165) is 11.1 Å². The average molecular weight is 549 g/mol. The van der Waals surface area contributed by atoms with Crippen molar-refractivity contribution in [1.29, 1.82) is 0 Å². The number of hydrazine groups is 1. The number of Topliss-reactive ketones (excluding diaryl/α,β-unsaturated/α-hetero) is 2. The van der Waals surface area contributed by atoms with Crippen LogP contribution in [0.25, 0.3) is 0 Å². The fourth-order valence-corrected chi connectivity index (χ4v) is 7.16. The monoisotopic (exact) mass is 548 g/mol. The molecule has 1 heterocycles. The molecule has 5 rings (SSSR count). The van der Waals surface area contributed by atoms with Crippen molar-refractivity contribution in [3.63, 3.8) is 0 Å². The van der Waals surface area contributed by atoms with Gasteiger partial charge in [0.25, 0.3) is 10.0 Å². The Labute approximate surface area is 231 Å². The number of carbonyl (C=O) groups is 2. The minimum atomic E-state index is -4.01. The molecule has 1 N–H and O–H groups in total. The van der Waals surface area contributed by atoms with Gasteiger partial charge in [0.1, 0.15) is 5.75 Å². The van der Waals surface area contributed by atoms with E-state index in [9.17, 15) is 18.0 Å². The summed E-state index contributed by atoms with van der Waals surface area (Å²) < 4.78 is 32.7. The van der Waals surface area contributed by atoms with E-state index in [2.05, 4.69) is 4.83 Å². The highest BCUT2D eigenvalue weighted by molar-refractivity contribution is 7.89. The number of nitrogens with zero attached hydrogens (tertiary/aromatic N) is 1. The topological polar surface area (TPSA) is 92.8 Å². The summed E-state index contributed by atoms with van der Waals surface area (Å²) in [6.45, 7) is 9.97. The normalized spacial score (nSPS) is 21.1. The molecule has 8 heteroatoms. The van der Waals surface area contributed by atoms with Crippen LogP contribution in [-0.2, 0) is 19.6 Å². The van der Waals surface area contributed by atoms with Crippen molar-refractivity contribution >= 4 is 21.6 Å². The first-order chi connectivity index (χ1) is 18.2. The summed E-state index contributed by atoms with van der Waals surface area (Å²) in [5.41, 5.74) is 3.26. The van der Waals surface area contributed by atoms with Gasteiger partial charge in [0.2, 0.25) is 0 Å². The second-order valence-electron chi connectivity index (χ2n) is 12.6. The molecule has 206 valence electrons. The quantitative estimate of drug-likeness (QED) is 0.524. The van der Waals surface area contributed by atoms with E-state index in [1.54, 1.807) is 36.4 Å². The number of ether oxygens (including phenoxy) is 1. The van der Waals surface area contributed by atoms with Gasteiger partial charge in [0.05, 0.1) is 12.0 Å². The molecule has 0 unspecified atom stereocenters. The Hall–Kier alpha value is -3.23. The van der Waals surface area contributed by atoms with E-state index in [-0.39, 0.29) is 27.3 Å². The molecule has 0 aromatic heterocycles. The SMILES string of the molecule is COc1ccc(C2C3=C(CC(C)(C)CC3=O)N(NS(=O)(=O)c3ccc(C)cc3)C3=C2C(=O)CC(C)(C)C3)cc1. The van der Waals surface area contributed by atoms with Crippen molar-refractivity contribution in [1.82, 2.24) is 9.84 Å². The Morgan fingerprint density at radius 2 is 1.28 bits per heavy atom. The Bertz CT molecular complexity index is 1460. The zero-order valence-electron chi connectivity index (χ0n) is 23.4. The molecule has 2 aliphatic carbocycles. The van der Waals surface area contributed by atoms with Crippen LogP contribution in [0.3, 0.4) is 0 Å². The molecule has 0 radical (unpaired) electrons. The molecule has 0 spiro atoms. The van der Waals surface area contributed by atoms with Gasteiger partial charge in [-0.15, -0.1) is 4.83 Å². The molecule has 2 aromatic carbocycles. The molecule has 1 aliphatic heterocycles. The molecular weight excluding hydrogens is 512 g/mol. The predicted molar refractivity (Wildman–Crippen MR) is 149 cm³/mol. The molecule has 0 bridgehead atoms. The molecule has 7 nitrogen and oxygen atoms in total. The zero-order valence-corrected chi connectivity index (χ0v) is 24.2. The van der Waals surface area contributed by atoms with Gasteiger partial charge in [-0.3, -0.25) is 14.6 Å². The van der Waals surface area contributed by atoms with Crippen molar-refractivity contribution in [2.24, 2.45) is 10.8 Å². The van der Waals surface area contributed by atoms with E-state index in [1.165, 1.54) is 0 Å². The van der Waals surface area contributed by atoms with Gasteiger partial charge in [-0.2, -0.15) is 0 Å². The Kier molecular flexibility index (Phi) is 6.63. The first-order valence-electron chi connectivity index (χ1n) is 13.3. The molecular formula is C31H36N2O5S. The van der Waals surface area contributed by atoms with Gasteiger partial charge < -0.3 is 4.74 Å². The first-order valence-corrected chi connectivity index (χ1v) is 14.8. The lowest BCUT2D eigenvalue weighted by Gasteiger charge is -2.48. The van der Waals surface area contributed by atoms with E-state index >= 15 is 0 Å². The second kappa shape index (κ2) is 9.45. The number of methoxy groups -OCH3 is 1. The number of allylic oxidation sites excluding steroid dienone is 4. The lowest BCUT2D eigenvalue weighted by atomic mass is 9.64. The molecule has 3 aliphatic rings. The maximum Gasteiger partial charge on any atom is 0.257 e. The highest BCUT2D eigenvalue weighted by Gasteiger charge is 2.49. The number of hydrogen-bond donors (Lipinski definition) is 1. The van der Waals surface area contributed by atoms with Crippen molar-refractivity contribution < 1.29 is 22.7 Å². The van der Waals surface area contributed by atoms with Gasteiger partial charge >= 0.3 is 0 Å². The van der Waals surface area contributed by atoms with Crippen LogP contribution in [0.2, 0.25) is 0 Å². The third-order valence-electron chi connectivity index (χ3n) is 7.90. The first kappa shape index (κ1) is 27.3. The fraction of sp³-hybridized carbons (Fsp3) is 0.419. The highest BCUT2D eigenvalue weighted by atomic mass is 32.2. The van der Waals surface area contributed by atoms with Crippen LogP contribution in [-0.4, -0.2) is 32.1 Å². The van der Waals surface area contributed by atoms with Crippen LogP contribution in [0, 0.1) is 17.8 Å². The lowest BCUT2D eigenvalue weighted by Crippen LogP contribution is -2.50. The predicted octanol–water partition coefficient (Wildman–Crippen LogP) is 5.58. The van der Waals surface area contributed by atoms with Crippen molar-refractivity contribution in [2.75, 3.05) is 7.11 Å². The second-order valence-corrected chi connectivity index (χ2v) is 14.2. The largest absolute Gasteiger partial charge is 0.497 e. The van der Waals surface area contributed by atoms with Crippen LogP contribution in [0.4, 0.5) is 0 Å². The lowest BCUT2D eigenvalue weighted by molar-refractivity contribution is -0.119.